The number of ether oxygens (including phenoxy) is 1. The van der Waals surface area contributed by atoms with E-state index in [1.54, 1.807) is 0 Å². The smallest absolute Gasteiger partial charge is 0.225 e. The molecule has 3 saturated heterocycles. The lowest BCUT2D eigenvalue weighted by Gasteiger charge is -2.51. The number of hydrogen-bond donors (Lipinski definition) is 1. The number of nitrogens with zero attached hydrogens (tertiary/aromatic N) is 4. The van der Waals surface area contributed by atoms with E-state index in [0.717, 1.165) is 62.7 Å². The van der Waals surface area contributed by atoms with Crippen LogP contribution in [0.3, 0.4) is 0 Å². The van der Waals surface area contributed by atoms with Crippen LogP contribution < -0.4 is 4.90 Å². The van der Waals surface area contributed by atoms with Crippen molar-refractivity contribution in [1.29, 1.82) is 0 Å². The zero-order valence-electron chi connectivity index (χ0n) is 15.4. The highest BCUT2D eigenvalue weighted by atomic mass is 32.1. The second kappa shape index (κ2) is 7.40. The number of anilines is 1. The number of aliphatic hydroxyl groups excluding tert-OH is 1. The average Bonchev–Trinajstić information content (AvgIpc) is 3.11. The number of aliphatic hydroxyl groups is 1. The molecule has 1 aromatic rings. The van der Waals surface area contributed by atoms with Gasteiger partial charge in [-0.2, -0.15) is 4.37 Å². The van der Waals surface area contributed by atoms with Crippen molar-refractivity contribution in [1.82, 2.24) is 14.3 Å². The summed E-state index contributed by atoms with van der Waals surface area (Å²) in [7, 11) is 0. The van der Waals surface area contributed by atoms with E-state index >= 15 is 0 Å². The Morgan fingerprint density at radius 1 is 1.27 bits per heavy atom. The summed E-state index contributed by atoms with van der Waals surface area (Å²) in [6.45, 7) is 6.28. The maximum atomic E-state index is 13.0. The third-order valence-electron chi connectivity index (χ3n) is 6.16. The van der Waals surface area contributed by atoms with Crippen LogP contribution in [0, 0.1) is 18.3 Å². The maximum absolute atomic E-state index is 13.0. The van der Waals surface area contributed by atoms with Crippen LogP contribution >= 0.6 is 11.5 Å². The first kappa shape index (κ1) is 18.1. The van der Waals surface area contributed by atoms with Gasteiger partial charge in [0.1, 0.15) is 5.82 Å². The Bertz CT molecular complexity index is 648. The molecule has 3 fully saturated rings. The summed E-state index contributed by atoms with van der Waals surface area (Å²) >= 11 is 1.42. The molecule has 4 heterocycles. The van der Waals surface area contributed by atoms with Gasteiger partial charge in [0.15, 0.2) is 0 Å². The predicted octanol–water partition coefficient (Wildman–Crippen LogP) is 1.45. The topological polar surface area (TPSA) is 78.8 Å². The summed E-state index contributed by atoms with van der Waals surface area (Å²) in [5.41, 5.74) is -0.253. The van der Waals surface area contributed by atoms with Gasteiger partial charge >= 0.3 is 0 Å². The van der Waals surface area contributed by atoms with Gasteiger partial charge in [0.2, 0.25) is 11.0 Å². The average molecular weight is 381 g/mol. The molecule has 0 bridgehead atoms. The standard InChI is InChI=1S/C18H28N4O3S/c1-13-19-17(26-20-13)22-8-3-15(23)18(12-22)6-2-7-21(11-18)16(24)14-4-9-25-10-5-14/h14-15,23H,2-12H2,1H3/t15-,18+/m0/s1. The number of piperidine rings is 2. The number of rotatable bonds is 2. The van der Waals surface area contributed by atoms with Crippen molar-refractivity contribution in [3.63, 3.8) is 0 Å². The fourth-order valence-electron chi connectivity index (χ4n) is 4.68. The van der Waals surface area contributed by atoms with Crippen LogP contribution in [0.2, 0.25) is 0 Å². The quantitative estimate of drug-likeness (QED) is 0.837. The monoisotopic (exact) mass is 380 g/mol. The number of amides is 1. The normalized spacial score (nSPS) is 30.8. The summed E-state index contributed by atoms with van der Waals surface area (Å²) in [6.07, 6.45) is 3.91. The predicted molar refractivity (Wildman–Crippen MR) is 99.3 cm³/mol. The molecule has 3 aliphatic heterocycles. The molecule has 144 valence electrons. The maximum Gasteiger partial charge on any atom is 0.225 e. The number of carbonyl (C=O) groups excluding carboxylic acids is 1. The van der Waals surface area contributed by atoms with Crippen LogP contribution in [0.4, 0.5) is 5.13 Å². The van der Waals surface area contributed by atoms with Crippen LogP contribution in [-0.2, 0) is 9.53 Å². The first-order valence-corrected chi connectivity index (χ1v) is 10.4. The Morgan fingerprint density at radius 3 is 2.81 bits per heavy atom. The van der Waals surface area contributed by atoms with Crippen molar-refractivity contribution < 1.29 is 14.6 Å². The van der Waals surface area contributed by atoms with Gasteiger partial charge in [0.25, 0.3) is 0 Å². The molecule has 0 aliphatic carbocycles. The second-order valence-corrected chi connectivity index (χ2v) is 8.69. The Morgan fingerprint density at radius 2 is 2.08 bits per heavy atom. The van der Waals surface area contributed by atoms with E-state index in [2.05, 4.69) is 14.3 Å². The van der Waals surface area contributed by atoms with Gasteiger partial charge < -0.3 is 19.6 Å². The highest BCUT2D eigenvalue weighted by molar-refractivity contribution is 7.09. The van der Waals surface area contributed by atoms with Gasteiger partial charge in [-0.1, -0.05) is 0 Å². The minimum absolute atomic E-state index is 0.0848. The number of aromatic nitrogens is 2. The minimum Gasteiger partial charge on any atom is -0.392 e. The Hall–Kier alpha value is -1.25. The zero-order valence-corrected chi connectivity index (χ0v) is 16.2. The third kappa shape index (κ3) is 3.46. The van der Waals surface area contributed by atoms with Gasteiger partial charge in [-0.3, -0.25) is 4.79 Å². The fourth-order valence-corrected chi connectivity index (χ4v) is 5.38. The summed E-state index contributed by atoms with van der Waals surface area (Å²) in [6, 6.07) is 0. The van der Waals surface area contributed by atoms with E-state index < -0.39 is 0 Å². The summed E-state index contributed by atoms with van der Waals surface area (Å²) in [5, 5.41) is 11.8. The number of hydrogen-bond acceptors (Lipinski definition) is 7. The first-order valence-electron chi connectivity index (χ1n) is 9.67. The summed E-state index contributed by atoms with van der Waals surface area (Å²) < 4.78 is 9.70. The van der Waals surface area contributed by atoms with E-state index in [1.807, 2.05) is 11.8 Å². The van der Waals surface area contributed by atoms with E-state index in [1.165, 1.54) is 11.5 Å². The van der Waals surface area contributed by atoms with Gasteiger partial charge in [0, 0.05) is 62.3 Å². The molecule has 1 amide bonds. The molecule has 3 aliphatic rings. The second-order valence-electron chi connectivity index (χ2n) is 7.96. The highest BCUT2D eigenvalue weighted by Gasteiger charge is 2.47. The first-order chi connectivity index (χ1) is 12.6. The van der Waals surface area contributed by atoms with Gasteiger partial charge in [-0.25, -0.2) is 4.98 Å². The molecule has 2 atom stereocenters. The van der Waals surface area contributed by atoms with Crippen LogP contribution in [0.1, 0.15) is 37.9 Å². The molecular weight excluding hydrogens is 352 g/mol. The summed E-state index contributed by atoms with van der Waals surface area (Å²) in [5.74, 6) is 1.13. The molecule has 0 unspecified atom stereocenters. The SMILES string of the molecule is Cc1nsc(N2CC[C@H](O)[C@@]3(CCCN(C(=O)C4CCOCC4)C3)C2)n1. The molecule has 1 spiro atoms. The molecular formula is C18H28N4O3S. The fraction of sp³-hybridized carbons (Fsp3) is 0.833. The zero-order chi connectivity index (χ0) is 18.1. The van der Waals surface area contributed by atoms with E-state index in [-0.39, 0.29) is 23.3 Å². The number of likely N-dealkylation sites (tertiary alicyclic amines) is 1. The lowest BCUT2D eigenvalue weighted by atomic mass is 9.71. The van der Waals surface area contributed by atoms with Crippen molar-refractivity contribution in [2.24, 2.45) is 11.3 Å². The largest absolute Gasteiger partial charge is 0.392 e. The number of aryl methyl sites for hydroxylation is 1. The van der Waals surface area contributed by atoms with Gasteiger partial charge in [0.05, 0.1) is 6.10 Å². The molecule has 4 rings (SSSR count). The Labute approximate surface area is 158 Å². The van der Waals surface area contributed by atoms with Crippen molar-refractivity contribution >= 4 is 22.6 Å². The van der Waals surface area contributed by atoms with Crippen molar-refractivity contribution in [2.45, 2.75) is 45.1 Å². The molecule has 1 N–H and O–H groups in total. The van der Waals surface area contributed by atoms with Crippen LogP contribution in [0.5, 0.6) is 0 Å². The molecule has 7 nitrogen and oxygen atoms in total. The van der Waals surface area contributed by atoms with Crippen LogP contribution in [0.15, 0.2) is 0 Å². The van der Waals surface area contributed by atoms with Crippen LogP contribution in [0.25, 0.3) is 0 Å². The highest BCUT2D eigenvalue weighted by Crippen LogP contribution is 2.41. The van der Waals surface area contributed by atoms with Crippen molar-refractivity contribution in [3.8, 4) is 0 Å². The van der Waals surface area contributed by atoms with Crippen LogP contribution in [-0.4, -0.2) is 70.8 Å². The third-order valence-corrected chi connectivity index (χ3v) is 7.03. The lowest BCUT2D eigenvalue weighted by molar-refractivity contribution is -0.145. The van der Waals surface area contributed by atoms with E-state index in [0.29, 0.717) is 19.8 Å². The molecule has 0 radical (unpaired) electrons. The van der Waals surface area contributed by atoms with E-state index in [9.17, 15) is 9.90 Å². The van der Waals surface area contributed by atoms with Gasteiger partial charge in [-0.05, 0) is 39.0 Å². The van der Waals surface area contributed by atoms with Crippen molar-refractivity contribution in [3.05, 3.63) is 5.82 Å². The summed E-state index contributed by atoms with van der Waals surface area (Å²) in [4.78, 5) is 21.8. The molecule has 26 heavy (non-hydrogen) atoms. The van der Waals surface area contributed by atoms with E-state index in [4.69, 9.17) is 4.74 Å². The van der Waals surface area contributed by atoms with Crippen molar-refractivity contribution in [2.75, 3.05) is 44.3 Å². The molecule has 8 heteroatoms. The Balaban J connectivity index is 1.49. The number of carbonyl (C=O) groups is 1. The molecule has 0 aromatic carbocycles. The molecule has 0 saturated carbocycles. The molecule has 1 aromatic heterocycles. The minimum atomic E-state index is -0.363. The Kier molecular flexibility index (Phi) is 5.16. The van der Waals surface area contributed by atoms with Gasteiger partial charge in [-0.15, -0.1) is 0 Å². The lowest BCUT2D eigenvalue weighted by Crippen LogP contribution is -2.60.